The minimum absolute atomic E-state index is 0.162. The molecule has 5 nitrogen and oxygen atoms in total. The highest BCUT2D eigenvalue weighted by molar-refractivity contribution is 5.87. The summed E-state index contributed by atoms with van der Waals surface area (Å²) >= 11 is 0. The monoisotopic (exact) mass is 173 g/mol. The zero-order valence-electron chi connectivity index (χ0n) is 6.91. The van der Waals surface area contributed by atoms with Gasteiger partial charge in [-0.25, -0.2) is 0 Å². The van der Waals surface area contributed by atoms with Gasteiger partial charge in [-0.1, -0.05) is 6.42 Å². The number of nitrogens with zero attached hydrogens (tertiary/aromatic N) is 1. The summed E-state index contributed by atoms with van der Waals surface area (Å²) in [5.41, 5.74) is -1.18. The van der Waals surface area contributed by atoms with Crippen LogP contribution in [0.15, 0.2) is 0 Å². The van der Waals surface area contributed by atoms with Gasteiger partial charge in [0.05, 0.1) is 0 Å². The highest BCUT2D eigenvalue weighted by atomic mass is 17.0. The lowest BCUT2D eigenvalue weighted by molar-refractivity contribution is -0.775. The molecule has 0 aliphatic heterocycles. The van der Waals surface area contributed by atoms with E-state index >= 15 is 0 Å². The molecule has 0 bridgehead atoms. The van der Waals surface area contributed by atoms with Crippen molar-refractivity contribution in [3.05, 3.63) is 10.1 Å². The summed E-state index contributed by atoms with van der Waals surface area (Å²) in [7, 11) is 0. The molecule has 1 aliphatic carbocycles. The second-order valence-electron chi connectivity index (χ2n) is 3.18. The van der Waals surface area contributed by atoms with Gasteiger partial charge in [-0.3, -0.25) is 9.63 Å². The van der Waals surface area contributed by atoms with Gasteiger partial charge in [0.25, 0.3) is 5.09 Å². The number of carbonyl (C=O) groups excluding carboxylic acids is 1. The number of carbonyl (C=O) groups is 1. The SMILES string of the molecule is CC1(O[N+](=O)[O-])CCCCC1=O. The fourth-order valence-electron chi connectivity index (χ4n) is 1.41. The lowest BCUT2D eigenvalue weighted by atomic mass is 9.85. The first-order valence-corrected chi connectivity index (χ1v) is 3.91. The van der Waals surface area contributed by atoms with Crippen molar-refractivity contribution in [1.29, 1.82) is 0 Å². The van der Waals surface area contributed by atoms with Crippen LogP contribution in [0.5, 0.6) is 0 Å². The van der Waals surface area contributed by atoms with Crippen molar-refractivity contribution in [3.63, 3.8) is 0 Å². The average Bonchev–Trinajstić information content (AvgIpc) is 1.94. The Labute approximate surface area is 69.8 Å². The molecule has 0 amide bonds. The normalized spacial score (nSPS) is 29.9. The fraction of sp³-hybridized carbons (Fsp3) is 0.857. The van der Waals surface area contributed by atoms with Crippen LogP contribution in [-0.4, -0.2) is 16.5 Å². The van der Waals surface area contributed by atoms with Crippen LogP contribution < -0.4 is 0 Å². The van der Waals surface area contributed by atoms with Gasteiger partial charge in [0, 0.05) is 6.42 Å². The molecule has 0 radical (unpaired) electrons. The quantitative estimate of drug-likeness (QED) is 0.463. The van der Waals surface area contributed by atoms with E-state index in [1.54, 1.807) is 0 Å². The van der Waals surface area contributed by atoms with Gasteiger partial charge in [0.2, 0.25) is 0 Å². The molecule has 0 spiro atoms. The zero-order chi connectivity index (χ0) is 9.19. The molecular formula is C7H11NO4. The van der Waals surface area contributed by atoms with E-state index < -0.39 is 10.7 Å². The first kappa shape index (κ1) is 8.96. The van der Waals surface area contributed by atoms with Gasteiger partial charge >= 0.3 is 0 Å². The molecule has 0 N–H and O–H groups in total. The Kier molecular flexibility index (Phi) is 2.30. The summed E-state index contributed by atoms with van der Waals surface area (Å²) in [6.07, 6.45) is 2.47. The molecule has 5 heteroatoms. The summed E-state index contributed by atoms with van der Waals surface area (Å²) < 4.78 is 0. The van der Waals surface area contributed by atoms with Crippen LogP contribution >= 0.6 is 0 Å². The Morgan fingerprint density at radius 1 is 1.58 bits per heavy atom. The van der Waals surface area contributed by atoms with Crippen LogP contribution in [0.4, 0.5) is 0 Å². The molecule has 1 aliphatic rings. The maximum atomic E-state index is 11.2. The van der Waals surface area contributed by atoms with Gasteiger partial charge in [0.15, 0.2) is 11.4 Å². The van der Waals surface area contributed by atoms with Crippen LogP contribution in [0.3, 0.4) is 0 Å². The van der Waals surface area contributed by atoms with Crippen LogP contribution in [0, 0.1) is 10.1 Å². The van der Waals surface area contributed by atoms with Crippen molar-refractivity contribution < 1.29 is 14.7 Å². The first-order valence-electron chi connectivity index (χ1n) is 3.91. The van der Waals surface area contributed by atoms with E-state index in [1.807, 2.05) is 0 Å². The van der Waals surface area contributed by atoms with E-state index in [1.165, 1.54) is 6.92 Å². The van der Waals surface area contributed by atoms with Crippen LogP contribution in [0.2, 0.25) is 0 Å². The number of hydrogen-bond acceptors (Lipinski definition) is 4. The minimum Gasteiger partial charge on any atom is -0.300 e. The molecule has 0 aromatic rings. The largest absolute Gasteiger partial charge is 0.300 e. The Hall–Kier alpha value is -1.13. The van der Waals surface area contributed by atoms with Gasteiger partial charge in [-0.15, -0.1) is 10.1 Å². The summed E-state index contributed by atoms with van der Waals surface area (Å²) in [6.45, 7) is 1.48. The number of Topliss-reactive ketones (excluding diaryl/α,β-unsaturated/α-hetero) is 1. The summed E-state index contributed by atoms with van der Waals surface area (Å²) in [5, 5.41) is 9.16. The third kappa shape index (κ3) is 1.72. The van der Waals surface area contributed by atoms with Crippen molar-refractivity contribution >= 4 is 5.78 Å². The maximum absolute atomic E-state index is 11.2. The lowest BCUT2D eigenvalue weighted by Crippen LogP contribution is -2.42. The fourth-order valence-corrected chi connectivity index (χ4v) is 1.41. The summed E-state index contributed by atoms with van der Waals surface area (Å²) in [5.74, 6) is -0.162. The third-order valence-corrected chi connectivity index (χ3v) is 2.17. The van der Waals surface area contributed by atoms with Crippen LogP contribution in [0.25, 0.3) is 0 Å². The summed E-state index contributed by atoms with van der Waals surface area (Å²) in [6, 6.07) is 0. The minimum atomic E-state index is -1.18. The highest BCUT2D eigenvalue weighted by Gasteiger charge is 2.38. The molecular weight excluding hydrogens is 162 g/mol. The molecule has 1 fully saturated rings. The zero-order valence-corrected chi connectivity index (χ0v) is 6.91. The van der Waals surface area contributed by atoms with Crippen molar-refractivity contribution in [2.24, 2.45) is 0 Å². The Morgan fingerprint density at radius 3 is 2.75 bits per heavy atom. The van der Waals surface area contributed by atoms with Crippen molar-refractivity contribution in [1.82, 2.24) is 0 Å². The second kappa shape index (κ2) is 3.08. The van der Waals surface area contributed by atoms with Crippen LogP contribution in [0.1, 0.15) is 32.6 Å². The molecule has 1 unspecified atom stereocenters. The van der Waals surface area contributed by atoms with E-state index in [0.717, 1.165) is 12.8 Å². The number of rotatable bonds is 2. The van der Waals surface area contributed by atoms with E-state index in [2.05, 4.69) is 4.84 Å². The standard InChI is InChI=1S/C7H11NO4/c1-7(12-8(10)11)5-3-2-4-6(7)9/h2-5H2,1H3. The molecule has 68 valence electrons. The van der Waals surface area contributed by atoms with Gasteiger partial charge in [0.1, 0.15) is 0 Å². The molecule has 0 aromatic heterocycles. The number of hydrogen-bond donors (Lipinski definition) is 0. The first-order chi connectivity index (χ1) is 5.54. The highest BCUT2D eigenvalue weighted by Crippen LogP contribution is 2.27. The topological polar surface area (TPSA) is 69.4 Å². The Bertz CT molecular complexity index is 215. The van der Waals surface area contributed by atoms with Gasteiger partial charge in [-0.2, -0.15) is 0 Å². The van der Waals surface area contributed by atoms with Crippen molar-refractivity contribution in [2.75, 3.05) is 0 Å². The van der Waals surface area contributed by atoms with E-state index in [0.29, 0.717) is 12.8 Å². The smallest absolute Gasteiger partial charge is 0.295 e. The second-order valence-corrected chi connectivity index (χ2v) is 3.18. The van der Waals surface area contributed by atoms with E-state index in [-0.39, 0.29) is 5.78 Å². The molecule has 0 saturated heterocycles. The lowest BCUT2D eigenvalue weighted by Gasteiger charge is -2.28. The molecule has 1 atom stereocenters. The molecule has 0 aromatic carbocycles. The van der Waals surface area contributed by atoms with Crippen molar-refractivity contribution in [2.45, 2.75) is 38.2 Å². The van der Waals surface area contributed by atoms with E-state index in [4.69, 9.17) is 0 Å². The number of ketones is 1. The average molecular weight is 173 g/mol. The Morgan fingerprint density at radius 2 is 2.25 bits per heavy atom. The summed E-state index contributed by atoms with van der Waals surface area (Å²) in [4.78, 5) is 25.6. The molecule has 1 rings (SSSR count). The van der Waals surface area contributed by atoms with E-state index in [9.17, 15) is 14.9 Å². The Balaban J connectivity index is 2.66. The predicted octanol–water partition coefficient (Wildman–Crippen LogP) is 1.10. The molecule has 0 heterocycles. The van der Waals surface area contributed by atoms with Crippen LogP contribution in [-0.2, 0) is 9.63 Å². The van der Waals surface area contributed by atoms with Gasteiger partial charge in [-0.05, 0) is 19.8 Å². The third-order valence-electron chi connectivity index (χ3n) is 2.17. The maximum Gasteiger partial charge on any atom is 0.295 e. The van der Waals surface area contributed by atoms with Crippen molar-refractivity contribution in [3.8, 4) is 0 Å². The van der Waals surface area contributed by atoms with Gasteiger partial charge < -0.3 is 0 Å². The molecule has 1 saturated carbocycles. The predicted molar refractivity (Wildman–Crippen MR) is 40.0 cm³/mol. The molecule has 12 heavy (non-hydrogen) atoms.